The maximum Gasteiger partial charge on any atom is 0.158 e. The van der Waals surface area contributed by atoms with Gasteiger partial charge in [0.05, 0.1) is 0 Å². The highest BCUT2D eigenvalue weighted by Crippen LogP contribution is 2.32. The van der Waals surface area contributed by atoms with Crippen LogP contribution < -0.4 is 0 Å². The van der Waals surface area contributed by atoms with E-state index in [1.54, 1.807) is 0 Å². The Bertz CT molecular complexity index is 271. The number of hydrogen-bond acceptors (Lipinski definition) is 0. The minimum absolute atomic E-state index is 0.161. The van der Waals surface area contributed by atoms with E-state index in [0.29, 0.717) is 0 Å². The summed E-state index contributed by atoms with van der Waals surface area (Å²) in [5, 5.41) is 0. The zero-order chi connectivity index (χ0) is 10.1. The van der Waals surface area contributed by atoms with Crippen LogP contribution in [-0.4, -0.2) is 5.67 Å². The Kier molecular flexibility index (Phi) is 2.64. The predicted octanol–water partition coefficient (Wildman–Crippen LogP) is 3.58. The summed E-state index contributed by atoms with van der Waals surface area (Å²) in [6, 6.07) is 4.74. The highest BCUT2D eigenvalue weighted by molar-refractivity contribution is 5.20. The zero-order valence-electron chi connectivity index (χ0n) is 7.52. The van der Waals surface area contributed by atoms with Crippen molar-refractivity contribution < 1.29 is 13.2 Å². The highest BCUT2D eigenvalue weighted by Gasteiger charge is 2.30. The summed E-state index contributed by atoms with van der Waals surface area (Å²) in [5.41, 5.74) is -1.77. The summed E-state index contributed by atoms with van der Waals surface area (Å²) in [6.45, 7) is 2.31. The molecule has 72 valence electrons. The monoisotopic (exact) mass is 188 g/mol. The Labute approximate surface area is 75.4 Å². The first-order valence-electron chi connectivity index (χ1n) is 3.99. The molecule has 1 rings (SSSR count). The highest BCUT2D eigenvalue weighted by atomic mass is 19.2. The molecular formula is C10H11F3. The maximum absolute atomic E-state index is 13.3. The van der Waals surface area contributed by atoms with Gasteiger partial charge in [0.2, 0.25) is 0 Å². The van der Waals surface area contributed by atoms with Gasteiger partial charge in [0.1, 0.15) is 11.5 Å². The van der Waals surface area contributed by atoms with E-state index in [4.69, 9.17) is 0 Å². The van der Waals surface area contributed by atoms with Crippen LogP contribution in [0.3, 0.4) is 0 Å². The Morgan fingerprint density at radius 1 is 1.15 bits per heavy atom. The van der Waals surface area contributed by atoms with E-state index in [1.807, 2.05) is 0 Å². The summed E-state index contributed by atoms with van der Waals surface area (Å²) in [4.78, 5) is 0. The largest absolute Gasteiger partial charge is 0.241 e. The number of benzene rings is 1. The van der Waals surface area contributed by atoms with Gasteiger partial charge in [0.15, 0.2) is 6.17 Å². The number of halogens is 3. The van der Waals surface area contributed by atoms with Crippen LogP contribution in [0, 0.1) is 5.82 Å². The molecule has 0 heterocycles. The molecule has 13 heavy (non-hydrogen) atoms. The van der Waals surface area contributed by atoms with E-state index >= 15 is 0 Å². The molecular weight excluding hydrogens is 177 g/mol. The molecule has 0 saturated heterocycles. The van der Waals surface area contributed by atoms with E-state index in [9.17, 15) is 13.2 Å². The molecule has 0 saturated carbocycles. The number of rotatable bonds is 2. The van der Waals surface area contributed by atoms with Gasteiger partial charge in [-0.1, -0.05) is 12.1 Å². The van der Waals surface area contributed by atoms with E-state index in [2.05, 4.69) is 0 Å². The van der Waals surface area contributed by atoms with Crippen molar-refractivity contribution in [2.75, 3.05) is 0 Å². The van der Waals surface area contributed by atoms with Crippen LogP contribution in [0.4, 0.5) is 13.2 Å². The molecule has 0 amide bonds. The first-order chi connectivity index (χ1) is 5.91. The van der Waals surface area contributed by atoms with Crippen LogP contribution in [0.15, 0.2) is 24.3 Å². The van der Waals surface area contributed by atoms with Gasteiger partial charge in [-0.25, -0.2) is 13.2 Å². The van der Waals surface area contributed by atoms with Gasteiger partial charge < -0.3 is 0 Å². The molecule has 3 heteroatoms. The summed E-state index contributed by atoms with van der Waals surface area (Å²) in [6.07, 6.45) is -1.71. The topological polar surface area (TPSA) is 0 Å². The van der Waals surface area contributed by atoms with Crippen molar-refractivity contribution >= 4 is 0 Å². The van der Waals surface area contributed by atoms with Crippen LogP contribution >= 0.6 is 0 Å². The average Bonchev–Trinajstić information content (AvgIpc) is 2.03. The maximum atomic E-state index is 13.3. The van der Waals surface area contributed by atoms with E-state index in [-0.39, 0.29) is 5.56 Å². The zero-order valence-corrected chi connectivity index (χ0v) is 7.52. The Hall–Kier alpha value is -0.990. The molecule has 0 spiro atoms. The Morgan fingerprint density at radius 2 is 1.62 bits per heavy atom. The molecule has 1 atom stereocenters. The van der Waals surface area contributed by atoms with Crippen molar-refractivity contribution in [3.05, 3.63) is 35.6 Å². The summed E-state index contributed by atoms with van der Waals surface area (Å²) in [7, 11) is 0. The lowest BCUT2D eigenvalue weighted by Gasteiger charge is -2.19. The second-order valence-electron chi connectivity index (χ2n) is 3.48. The molecule has 0 aliphatic carbocycles. The van der Waals surface area contributed by atoms with Gasteiger partial charge in [-0.2, -0.15) is 0 Å². The van der Waals surface area contributed by atoms with Crippen molar-refractivity contribution in [3.63, 3.8) is 0 Å². The lowest BCUT2D eigenvalue weighted by molar-refractivity contribution is 0.0852. The Balaban J connectivity index is 2.90. The van der Waals surface area contributed by atoms with Crippen molar-refractivity contribution in [1.82, 2.24) is 0 Å². The second kappa shape index (κ2) is 3.40. The normalized spacial score (nSPS) is 14.2. The first-order valence-corrected chi connectivity index (χ1v) is 3.99. The lowest BCUT2D eigenvalue weighted by Crippen LogP contribution is -2.19. The van der Waals surface area contributed by atoms with Crippen LogP contribution in [-0.2, 0) is 0 Å². The molecule has 0 bridgehead atoms. The fourth-order valence-corrected chi connectivity index (χ4v) is 1.03. The van der Waals surface area contributed by atoms with E-state index < -0.39 is 17.7 Å². The summed E-state index contributed by atoms with van der Waals surface area (Å²) >= 11 is 0. The molecule has 1 unspecified atom stereocenters. The third kappa shape index (κ3) is 2.47. The van der Waals surface area contributed by atoms with Gasteiger partial charge in [0.25, 0.3) is 0 Å². The SMILES string of the molecule is CC(C)(F)C(F)c1ccc(F)cc1. The van der Waals surface area contributed by atoms with Crippen LogP contribution in [0.1, 0.15) is 25.6 Å². The quantitative estimate of drug-likeness (QED) is 0.665. The molecule has 0 radical (unpaired) electrons. The van der Waals surface area contributed by atoms with Crippen LogP contribution in [0.2, 0.25) is 0 Å². The van der Waals surface area contributed by atoms with Gasteiger partial charge in [-0.15, -0.1) is 0 Å². The van der Waals surface area contributed by atoms with Crippen molar-refractivity contribution in [2.45, 2.75) is 25.7 Å². The van der Waals surface area contributed by atoms with Gasteiger partial charge in [0, 0.05) is 0 Å². The second-order valence-corrected chi connectivity index (χ2v) is 3.48. The fraction of sp³-hybridized carbons (Fsp3) is 0.400. The summed E-state index contributed by atoms with van der Waals surface area (Å²) in [5.74, 6) is -0.451. The average molecular weight is 188 g/mol. The molecule has 0 nitrogen and oxygen atoms in total. The Morgan fingerprint density at radius 3 is 2.00 bits per heavy atom. The van der Waals surface area contributed by atoms with Gasteiger partial charge in [-0.3, -0.25) is 0 Å². The number of alkyl halides is 2. The number of hydrogen-bond donors (Lipinski definition) is 0. The molecule has 0 aliphatic heterocycles. The first kappa shape index (κ1) is 10.1. The van der Waals surface area contributed by atoms with E-state index in [1.165, 1.54) is 12.1 Å². The van der Waals surface area contributed by atoms with E-state index in [0.717, 1.165) is 26.0 Å². The molecule has 0 aliphatic rings. The van der Waals surface area contributed by atoms with Gasteiger partial charge in [-0.05, 0) is 31.5 Å². The standard InChI is InChI=1S/C10H11F3/c1-10(2,13)9(12)7-3-5-8(11)6-4-7/h3-6,9H,1-2H3. The minimum Gasteiger partial charge on any atom is -0.241 e. The van der Waals surface area contributed by atoms with Crippen LogP contribution in [0.25, 0.3) is 0 Å². The molecule has 1 aromatic rings. The third-order valence-electron chi connectivity index (χ3n) is 1.77. The third-order valence-corrected chi connectivity index (χ3v) is 1.77. The smallest absolute Gasteiger partial charge is 0.158 e. The molecule has 0 fully saturated rings. The fourth-order valence-electron chi connectivity index (χ4n) is 1.03. The summed E-state index contributed by atoms with van der Waals surface area (Å²) < 4.78 is 38.8. The van der Waals surface area contributed by atoms with Crippen LogP contribution in [0.5, 0.6) is 0 Å². The lowest BCUT2D eigenvalue weighted by atomic mass is 9.98. The van der Waals surface area contributed by atoms with Gasteiger partial charge >= 0.3 is 0 Å². The van der Waals surface area contributed by atoms with Crippen molar-refractivity contribution in [3.8, 4) is 0 Å². The van der Waals surface area contributed by atoms with Crippen molar-refractivity contribution in [1.29, 1.82) is 0 Å². The van der Waals surface area contributed by atoms with Crippen molar-refractivity contribution in [2.24, 2.45) is 0 Å². The minimum atomic E-state index is -1.93. The molecule has 0 aromatic heterocycles. The predicted molar refractivity (Wildman–Crippen MR) is 45.4 cm³/mol. The molecule has 1 aromatic carbocycles. The molecule has 0 N–H and O–H groups in total.